The van der Waals surface area contributed by atoms with Crippen LogP contribution in [0.4, 0.5) is 0 Å². The zero-order valence-electron chi connectivity index (χ0n) is 11.5. The minimum atomic E-state index is -0.444. The van der Waals surface area contributed by atoms with Crippen molar-refractivity contribution in [2.45, 2.75) is 39.2 Å². The molecule has 0 aliphatic carbocycles. The average Bonchev–Trinajstić information content (AvgIpc) is 2.38. The van der Waals surface area contributed by atoms with Gasteiger partial charge in [0, 0.05) is 19.5 Å². The van der Waals surface area contributed by atoms with Crippen LogP contribution in [0.1, 0.15) is 50.3 Å². The van der Waals surface area contributed by atoms with Crippen LogP contribution in [0.15, 0.2) is 24.3 Å². The van der Waals surface area contributed by atoms with Crippen molar-refractivity contribution in [1.82, 2.24) is 5.32 Å². The Bertz CT molecular complexity index is 397. The molecule has 0 amide bonds. The third-order valence-corrected chi connectivity index (χ3v) is 2.93. The summed E-state index contributed by atoms with van der Waals surface area (Å²) < 4.78 is 0. The summed E-state index contributed by atoms with van der Waals surface area (Å²) in [5.41, 5.74) is 2.27. The lowest BCUT2D eigenvalue weighted by Crippen LogP contribution is -2.22. The molecule has 18 heavy (non-hydrogen) atoms. The quantitative estimate of drug-likeness (QED) is 0.596. The summed E-state index contributed by atoms with van der Waals surface area (Å²) in [6, 6.07) is 8.19. The molecule has 0 heterocycles. The number of aliphatic hydroxyl groups is 1. The summed E-state index contributed by atoms with van der Waals surface area (Å²) in [4.78, 5) is 0. The molecule has 1 rings (SSSR count). The fourth-order valence-corrected chi connectivity index (χ4v) is 1.74. The first-order valence-corrected chi connectivity index (χ1v) is 6.53. The van der Waals surface area contributed by atoms with Crippen molar-refractivity contribution >= 4 is 0 Å². The standard InChI is InChI=1S/C16H23NO/c1-4-5-6-11-17-12-16(18)15-9-7-14(8-10-15)13(2)3/h7-10,13,16-18H,6,11-12H2,1-3H3. The Kier molecular flexibility index (Phi) is 6.49. The van der Waals surface area contributed by atoms with Crippen molar-refractivity contribution in [2.24, 2.45) is 0 Å². The first-order chi connectivity index (χ1) is 8.65. The maximum atomic E-state index is 10.0. The summed E-state index contributed by atoms with van der Waals surface area (Å²) in [6.07, 6.45) is 0.385. The number of aliphatic hydroxyl groups excluding tert-OH is 1. The topological polar surface area (TPSA) is 32.3 Å². The number of nitrogens with one attached hydrogen (secondary N) is 1. The van der Waals surface area contributed by atoms with Crippen LogP contribution in [0.2, 0.25) is 0 Å². The minimum Gasteiger partial charge on any atom is -0.387 e. The zero-order chi connectivity index (χ0) is 13.4. The highest BCUT2D eigenvalue weighted by Gasteiger charge is 2.07. The number of benzene rings is 1. The largest absolute Gasteiger partial charge is 0.387 e. The Morgan fingerprint density at radius 2 is 1.78 bits per heavy atom. The molecule has 98 valence electrons. The van der Waals surface area contributed by atoms with E-state index in [1.165, 1.54) is 5.56 Å². The lowest BCUT2D eigenvalue weighted by atomic mass is 10.00. The second-order valence-corrected chi connectivity index (χ2v) is 4.72. The summed E-state index contributed by atoms with van der Waals surface area (Å²) in [6.45, 7) is 7.57. The van der Waals surface area contributed by atoms with E-state index in [9.17, 15) is 5.11 Å². The van der Waals surface area contributed by atoms with E-state index >= 15 is 0 Å². The molecule has 0 spiro atoms. The molecule has 0 saturated heterocycles. The van der Waals surface area contributed by atoms with Gasteiger partial charge in [-0.2, -0.15) is 0 Å². The third-order valence-electron chi connectivity index (χ3n) is 2.93. The van der Waals surface area contributed by atoms with Crippen molar-refractivity contribution in [2.75, 3.05) is 13.1 Å². The van der Waals surface area contributed by atoms with Crippen LogP contribution in [0.3, 0.4) is 0 Å². The van der Waals surface area contributed by atoms with E-state index in [0.29, 0.717) is 12.5 Å². The molecule has 1 aromatic rings. The third kappa shape index (κ3) is 4.91. The zero-order valence-corrected chi connectivity index (χ0v) is 11.5. The van der Waals surface area contributed by atoms with Gasteiger partial charge in [-0.25, -0.2) is 0 Å². The second kappa shape index (κ2) is 7.92. The van der Waals surface area contributed by atoms with E-state index in [2.05, 4.69) is 43.1 Å². The summed E-state index contributed by atoms with van der Waals surface area (Å²) in [5, 5.41) is 13.2. The van der Waals surface area contributed by atoms with Crippen LogP contribution in [0.5, 0.6) is 0 Å². The number of hydrogen-bond acceptors (Lipinski definition) is 2. The van der Waals surface area contributed by atoms with E-state index in [0.717, 1.165) is 18.5 Å². The number of rotatable bonds is 6. The molecule has 0 radical (unpaired) electrons. The molecule has 0 aliphatic heterocycles. The van der Waals surface area contributed by atoms with E-state index in [1.54, 1.807) is 0 Å². The minimum absolute atomic E-state index is 0.444. The van der Waals surface area contributed by atoms with Crippen LogP contribution < -0.4 is 5.32 Å². The van der Waals surface area contributed by atoms with Crippen molar-refractivity contribution < 1.29 is 5.11 Å². The van der Waals surface area contributed by atoms with Gasteiger partial charge >= 0.3 is 0 Å². The molecular weight excluding hydrogens is 222 g/mol. The van der Waals surface area contributed by atoms with E-state index in [-0.39, 0.29) is 0 Å². The molecule has 1 aromatic carbocycles. The Hall–Kier alpha value is -1.30. The average molecular weight is 245 g/mol. The SMILES string of the molecule is CC#CCCNCC(O)c1ccc(C(C)C)cc1. The monoisotopic (exact) mass is 245 g/mol. The highest BCUT2D eigenvalue weighted by atomic mass is 16.3. The molecule has 1 atom stereocenters. The van der Waals surface area contributed by atoms with Crippen molar-refractivity contribution in [1.29, 1.82) is 0 Å². The van der Waals surface area contributed by atoms with E-state index in [1.807, 2.05) is 19.1 Å². The maximum Gasteiger partial charge on any atom is 0.0914 e. The van der Waals surface area contributed by atoms with Crippen molar-refractivity contribution in [3.05, 3.63) is 35.4 Å². The predicted octanol–water partition coefficient (Wildman–Crippen LogP) is 2.85. The van der Waals surface area contributed by atoms with Crippen LogP contribution in [0.25, 0.3) is 0 Å². The molecular formula is C16H23NO. The highest BCUT2D eigenvalue weighted by molar-refractivity contribution is 5.26. The van der Waals surface area contributed by atoms with Gasteiger partial charge in [-0.3, -0.25) is 0 Å². The Labute approximate surface area is 110 Å². The lowest BCUT2D eigenvalue weighted by Gasteiger charge is -2.13. The molecule has 2 N–H and O–H groups in total. The molecule has 0 saturated carbocycles. The van der Waals surface area contributed by atoms with Crippen LogP contribution >= 0.6 is 0 Å². The van der Waals surface area contributed by atoms with Crippen molar-refractivity contribution in [3.8, 4) is 11.8 Å². The molecule has 0 aliphatic rings. The molecule has 0 aromatic heterocycles. The Morgan fingerprint density at radius 1 is 1.17 bits per heavy atom. The van der Waals surface area contributed by atoms with Gasteiger partial charge in [-0.05, 0) is 24.0 Å². The van der Waals surface area contributed by atoms with Crippen molar-refractivity contribution in [3.63, 3.8) is 0 Å². The smallest absolute Gasteiger partial charge is 0.0914 e. The first kappa shape index (κ1) is 14.8. The van der Waals surface area contributed by atoms with Crippen LogP contribution in [-0.4, -0.2) is 18.2 Å². The summed E-state index contributed by atoms with van der Waals surface area (Å²) in [5.74, 6) is 6.37. The predicted molar refractivity (Wildman–Crippen MR) is 76.4 cm³/mol. The van der Waals surface area contributed by atoms with Gasteiger partial charge in [0.15, 0.2) is 0 Å². The first-order valence-electron chi connectivity index (χ1n) is 6.53. The molecule has 1 unspecified atom stereocenters. The van der Waals surface area contributed by atoms with Crippen LogP contribution in [0, 0.1) is 11.8 Å². The van der Waals surface area contributed by atoms with E-state index < -0.39 is 6.10 Å². The van der Waals surface area contributed by atoms with Gasteiger partial charge in [-0.15, -0.1) is 11.8 Å². The summed E-state index contributed by atoms with van der Waals surface area (Å²) >= 11 is 0. The molecule has 0 fully saturated rings. The molecule has 2 heteroatoms. The van der Waals surface area contributed by atoms with Gasteiger partial charge < -0.3 is 10.4 Å². The van der Waals surface area contributed by atoms with Gasteiger partial charge in [0.25, 0.3) is 0 Å². The van der Waals surface area contributed by atoms with Gasteiger partial charge in [0.05, 0.1) is 6.10 Å². The van der Waals surface area contributed by atoms with E-state index in [4.69, 9.17) is 0 Å². The summed E-state index contributed by atoms with van der Waals surface area (Å²) in [7, 11) is 0. The Balaban J connectivity index is 2.40. The number of hydrogen-bond donors (Lipinski definition) is 2. The maximum absolute atomic E-state index is 10.0. The molecule has 2 nitrogen and oxygen atoms in total. The van der Waals surface area contributed by atoms with Gasteiger partial charge in [0.2, 0.25) is 0 Å². The Morgan fingerprint density at radius 3 is 2.33 bits per heavy atom. The second-order valence-electron chi connectivity index (χ2n) is 4.72. The van der Waals surface area contributed by atoms with Crippen LogP contribution in [-0.2, 0) is 0 Å². The highest BCUT2D eigenvalue weighted by Crippen LogP contribution is 2.18. The fourth-order valence-electron chi connectivity index (χ4n) is 1.74. The lowest BCUT2D eigenvalue weighted by molar-refractivity contribution is 0.175. The normalized spacial score (nSPS) is 12.1. The molecule has 0 bridgehead atoms. The van der Waals surface area contributed by atoms with Gasteiger partial charge in [0.1, 0.15) is 0 Å². The fraction of sp³-hybridized carbons (Fsp3) is 0.500. The van der Waals surface area contributed by atoms with Gasteiger partial charge in [-0.1, -0.05) is 38.1 Å².